The van der Waals surface area contributed by atoms with Gasteiger partial charge in [0.15, 0.2) is 0 Å². The number of carbonyl (C=O) groups is 1. The van der Waals surface area contributed by atoms with Crippen molar-refractivity contribution >= 4 is 38.7 Å². The topological polar surface area (TPSA) is 105 Å². The van der Waals surface area contributed by atoms with Gasteiger partial charge in [-0.3, -0.25) is 9.59 Å². The molecule has 0 radical (unpaired) electrons. The fourth-order valence-corrected chi connectivity index (χ4v) is 8.03. The number of aromatic nitrogens is 3. The molecule has 9 nitrogen and oxygen atoms in total. The highest BCUT2D eigenvalue weighted by Crippen LogP contribution is 2.36. The first-order valence-corrected chi connectivity index (χ1v) is 13.8. The van der Waals surface area contributed by atoms with Crippen molar-refractivity contribution in [3.63, 3.8) is 0 Å². The quantitative estimate of drug-likeness (QED) is 0.545. The van der Waals surface area contributed by atoms with Crippen molar-refractivity contribution in [2.24, 2.45) is 11.8 Å². The van der Waals surface area contributed by atoms with E-state index in [4.69, 9.17) is 0 Å². The molecular formula is C23H25N5O4S2. The van der Waals surface area contributed by atoms with Gasteiger partial charge in [-0.15, -0.1) is 0 Å². The summed E-state index contributed by atoms with van der Waals surface area (Å²) in [5.74, 6) is 0.394. The fourth-order valence-electron chi connectivity index (χ4n) is 5.81. The molecule has 1 aromatic carbocycles. The second kappa shape index (κ2) is 8.24. The predicted octanol–water partition coefficient (Wildman–Crippen LogP) is 1.90. The zero-order chi connectivity index (χ0) is 23.4. The Morgan fingerprint density at radius 3 is 2.62 bits per heavy atom. The van der Waals surface area contributed by atoms with E-state index in [-0.39, 0.29) is 34.1 Å². The number of piperidine rings is 2. The molecule has 1 amide bonds. The molecule has 0 saturated carbocycles. The minimum Gasteiger partial charge on any atom is -0.341 e. The van der Waals surface area contributed by atoms with E-state index < -0.39 is 10.0 Å². The van der Waals surface area contributed by atoms with Gasteiger partial charge in [-0.05, 0) is 43.4 Å². The Kier molecular flexibility index (Phi) is 5.30. The second-order valence-corrected chi connectivity index (χ2v) is 11.9. The molecule has 3 aromatic rings. The van der Waals surface area contributed by atoms with Gasteiger partial charge in [0.05, 0.1) is 11.7 Å². The van der Waals surface area contributed by atoms with Gasteiger partial charge in [0.1, 0.15) is 15.9 Å². The van der Waals surface area contributed by atoms with Gasteiger partial charge in [0.2, 0.25) is 15.9 Å². The maximum atomic E-state index is 13.4. The number of carbonyl (C=O) groups excluding carboxylic acids is 1. The molecule has 3 aliphatic rings. The van der Waals surface area contributed by atoms with Gasteiger partial charge < -0.3 is 9.47 Å². The highest BCUT2D eigenvalue weighted by Gasteiger charge is 2.40. The second-order valence-electron chi connectivity index (χ2n) is 9.51. The molecule has 2 atom stereocenters. The molecule has 0 unspecified atom stereocenters. The Morgan fingerprint density at radius 2 is 1.79 bits per heavy atom. The Morgan fingerprint density at radius 1 is 1.00 bits per heavy atom. The molecule has 5 heterocycles. The number of benzene rings is 1. The third kappa shape index (κ3) is 3.57. The van der Waals surface area contributed by atoms with Crippen LogP contribution < -0.4 is 5.56 Å². The SMILES string of the molecule is O=C(C1CCN(S(=O)(=O)c2cccc3nsnc23)CC1)N1C[C@@H]2C[C@@H](C1)c1cccc(=O)n1C2. The van der Waals surface area contributed by atoms with Crippen molar-refractivity contribution in [3.8, 4) is 0 Å². The number of nitrogens with zero attached hydrogens (tertiary/aromatic N) is 5. The summed E-state index contributed by atoms with van der Waals surface area (Å²) < 4.78 is 38.2. The van der Waals surface area contributed by atoms with Gasteiger partial charge >= 0.3 is 0 Å². The Bertz CT molecular complexity index is 1420. The van der Waals surface area contributed by atoms with Crippen LogP contribution in [-0.2, 0) is 21.4 Å². The minimum atomic E-state index is -3.70. The Labute approximate surface area is 201 Å². The van der Waals surface area contributed by atoms with E-state index in [9.17, 15) is 18.0 Å². The van der Waals surface area contributed by atoms with E-state index in [1.807, 2.05) is 15.5 Å². The van der Waals surface area contributed by atoms with Gasteiger partial charge in [0.25, 0.3) is 5.56 Å². The molecule has 2 bridgehead atoms. The van der Waals surface area contributed by atoms with E-state index in [0.717, 1.165) is 23.8 Å². The molecule has 0 spiro atoms. The molecule has 2 saturated heterocycles. The van der Waals surface area contributed by atoms with Gasteiger partial charge in [-0.2, -0.15) is 13.1 Å². The average molecular weight is 500 g/mol. The lowest BCUT2D eigenvalue weighted by Crippen LogP contribution is -2.52. The molecule has 0 aliphatic carbocycles. The average Bonchev–Trinajstić information content (AvgIpc) is 3.33. The van der Waals surface area contributed by atoms with Crippen LogP contribution in [0.1, 0.15) is 30.9 Å². The van der Waals surface area contributed by atoms with Gasteiger partial charge in [-0.1, -0.05) is 12.1 Å². The van der Waals surface area contributed by atoms with Crippen molar-refractivity contribution in [2.45, 2.75) is 36.6 Å². The normalized spacial score (nSPS) is 23.7. The first-order chi connectivity index (χ1) is 16.4. The Hall–Kier alpha value is -2.63. The zero-order valence-corrected chi connectivity index (χ0v) is 20.2. The number of pyridine rings is 1. The number of hydrogen-bond acceptors (Lipinski definition) is 7. The van der Waals surface area contributed by atoms with Gasteiger partial charge in [-0.25, -0.2) is 8.42 Å². The van der Waals surface area contributed by atoms with Crippen LogP contribution in [0.2, 0.25) is 0 Å². The van der Waals surface area contributed by atoms with E-state index in [1.165, 1.54) is 4.31 Å². The van der Waals surface area contributed by atoms with Crippen LogP contribution in [0.15, 0.2) is 46.1 Å². The number of likely N-dealkylation sites (tertiary alicyclic amines) is 1. The van der Waals surface area contributed by atoms with E-state index in [2.05, 4.69) is 8.75 Å². The van der Waals surface area contributed by atoms with Crippen LogP contribution in [-0.4, -0.2) is 63.0 Å². The molecule has 6 rings (SSSR count). The van der Waals surface area contributed by atoms with E-state index in [0.29, 0.717) is 56.6 Å². The van der Waals surface area contributed by atoms with Crippen molar-refractivity contribution < 1.29 is 13.2 Å². The standard InChI is InChI=1S/C23H25N5O4S2/c29-21-6-2-4-19-17-11-15(13-28(19)21)12-26(14-17)23(30)16-7-9-27(10-8-16)34(31,32)20-5-1-3-18-22(20)25-33-24-18/h1-6,15-17H,7-14H2/t15-,17-/m0/s1. The van der Waals surface area contributed by atoms with Crippen LogP contribution in [0, 0.1) is 11.8 Å². The van der Waals surface area contributed by atoms with E-state index in [1.54, 1.807) is 30.3 Å². The summed E-state index contributed by atoms with van der Waals surface area (Å²) in [7, 11) is -3.70. The minimum absolute atomic E-state index is 0.0321. The van der Waals surface area contributed by atoms with Crippen LogP contribution in [0.25, 0.3) is 11.0 Å². The third-order valence-corrected chi connectivity index (χ3v) is 9.93. The number of sulfonamides is 1. The van der Waals surface area contributed by atoms with Crippen LogP contribution in [0.5, 0.6) is 0 Å². The predicted molar refractivity (Wildman–Crippen MR) is 127 cm³/mol. The molecule has 11 heteroatoms. The summed E-state index contributed by atoms with van der Waals surface area (Å²) in [6.45, 7) is 2.56. The summed E-state index contributed by atoms with van der Waals surface area (Å²) in [5.41, 5.74) is 2.04. The zero-order valence-electron chi connectivity index (χ0n) is 18.5. The highest BCUT2D eigenvalue weighted by atomic mass is 32.2. The number of fused-ring (bicyclic) bond motifs is 5. The molecule has 34 heavy (non-hydrogen) atoms. The lowest BCUT2D eigenvalue weighted by Gasteiger charge is -2.44. The molecule has 3 aliphatic heterocycles. The lowest BCUT2D eigenvalue weighted by molar-refractivity contribution is -0.139. The molecule has 0 N–H and O–H groups in total. The first kappa shape index (κ1) is 21.9. The first-order valence-electron chi connectivity index (χ1n) is 11.6. The van der Waals surface area contributed by atoms with Crippen LogP contribution in [0.4, 0.5) is 0 Å². The smallest absolute Gasteiger partial charge is 0.250 e. The maximum Gasteiger partial charge on any atom is 0.250 e. The third-order valence-electron chi connectivity index (χ3n) is 7.46. The van der Waals surface area contributed by atoms with Crippen LogP contribution >= 0.6 is 11.7 Å². The van der Waals surface area contributed by atoms with Crippen molar-refractivity contribution in [1.82, 2.24) is 22.5 Å². The maximum absolute atomic E-state index is 13.4. The highest BCUT2D eigenvalue weighted by molar-refractivity contribution is 7.89. The van der Waals surface area contributed by atoms with Crippen LogP contribution in [0.3, 0.4) is 0 Å². The summed E-state index contributed by atoms with van der Waals surface area (Å²) in [6, 6.07) is 10.4. The summed E-state index contributed by atoms with van der Waals surface area (Å²) in [6.07, 6.45) is 2.01. The molecule has 2 fully saturated rings. The summed E-state index contributed by atoms with van der Waals surface area (Å²) in [5, 5.41) is 0. The molecule has 2 aromatic heterocycles. The number of amides is 1. The summed E-state index contributed by atoms with van der Waals surface area (Å²) >= 11 is 1.00. The molecular weight excluding hydrogens is 474 g/mol. The van der Waals surface area contributed by atoms with E-state index >= 15 is 0 Å². The van der Waals surface area contributed by atoms with Crippen molar-refractivity contribution in [1.29, 1.82) is 0 Å². The van der Waals surface area contributed by atoms with Crippen molar-refractivity contribution in [3.05, 3.63) is 52.4 Å². The lowest BCUT2D eigenvalue weighted by atomic mass is 9.82. The monoisotopic (exact) mass is 499 g/mol. The van der Waals surface area contributed by atoms with Gasteiger partial charge in [0, 0.05) is 56.3 Å². The molecule has 178 valence electrons. The largest absolute Gasteiger partial charge is 0.341 e. The van der Waals surface area contributed by atoms with Crippen molar-refractivity contribution in [2.75, 3.05) is 26.2 Å². The Balaban J connectivity index is 1.15. The fraction of sp³-hybridized carbons (Fsp3) is 0.478. The summed E-state index contributed by atoms with van der Waals surface area (Å²) in [4.78, 5) is 27.8. The number of rotatable bonds is 3. The number of hydrogen-bond donors (Lipinski definition) is 0.